The number of amides is 1. The fourth-order valence-electron chi connectivity index (χ4n) is 4.10. The first-order chi connectivity index (χ1) is 14.1. The molecule has 0 bridgehead atoms. The van der Waals surface area contributed by atoms with Gasteiger partial charge in [-0.05, 0) is 55.3 Å². The van der Waals surface area contributed by atoms with E-state index in [1.165, 1.54) is 5.69 Å². The third kappa shape index (κ3) is 4.82. The van der Waals surface area contributed by atoms with Crippen LogP contribution in [0.15, 0.2) is 54.1 Å². The Hall–Kier alpha value is -2.30. The zero-order valence-corrected chi connectivity index (χ0v) is 17.7. The maximum atomic E-state index is 13.1. The summed E-state index contributed by atoms with van der Waals surface area (Å²) in [6.07, 6.45) is 3.96. The molecule has 4 nitrogen and oxygen atoms in total. The lowest BCUT2D eigenvalue weighted by atomic mass is 9.99. The highest BCUT2D eigenvalue weighted by Gasteiger charge is 2.24. The first-order valence-electron chi connectivity index (χ1n) is 10.4. The van der Waals surface area contributed by atoms with Crippen molar-refractivity contribution >= 4 is 29.3 Å². The van der Waals surface area contributed by atoms with Crippen molar-refractivity contribution in [1.29, 1.82) is 0 Å². The average molecular weight is 410 g/mol. The summed E-state index contributed by atoms with van der Waals surface area (Å²) >= 11 is 5.99. The fraction of sp³-hybridized carbons (Fsp3) is 0.375. The van der Waals surface area contributed by atoms with Crippen molar-refractivity contribution in [2.24, 2.45) is 0 Å². The quantitative estimate of drug-likeness (QED) is 0.704. The number of likely N-dealkylation sites (tertiary alicyclic amines) is 1. The topological polar surface area (TPSA) is 26.8 Å². The second-order valence-electron chi connectivity index (χ2n) is 7.98. The van der Waals surface area contributed by atoms with Crippen molar-refractivity contribution in [1.82, 2.24) is 9.80 Å². The molecule has 4 rings (SSSR count). The van der Waals surface area contributed by atoms with Crippen molar-refractivity contribution in [2.75, 3.05) is 44.7 Å². The molecule has 29 heavy (non-hydrogen) atoms. The number of hydrogen-bond acceptors (Lipinski definition) is 3. The molecule has 0 aromatic heterocycles. The van der Waals surface area contributed by atoms with E-state index in [4.69, 9.17) is 11.6 Å². The lowest BCUT2D eigenvalue weighted by Crippen LogP contribution is -2.44. The molecular formula is C24H28ClN3O. The smallest absolute Gasteiger partial charge is 0.250 e. The molecule has 2 saturated heterocycles. The van der Waals surface area contributed by atoms with Crippen LogP contribution < -0.4 is 4.90 Å². The Kier molecular flexibility index (Phi) is 6.22. The van der Waals surface area contributed by atoms with E-state index in [0.29, 0.717) is 6.54 Å². The number of piperazine rings is 1. The number of piperidine rings is 1. The van der Waals surface area contributed by atoms with E-state index in [1.807, 2.05) is 29.2 Å². The highest BCUT2D eigenvalue weighted by atomic mass is 35.5. The molecule has 0 spiro atoms. The number of para-hydroxylation sites is 1. The molecule has 2 aliphatic heterocycles. The van der Waals surface area contributed by atoms with Gasteiger partial charge < -0.3 is 14.7 Å². The largest absolute Gasteiger partial charge is 0.368 e. The second kappa shape index (κ2) is 9.02. The van der Waals surface area contributed by atoms with Crippen molar-refractivity contribution in [2.45, 2.75) is 19.4 Å². The molecule has 2 aromatic carbocycles. The Bertz CT molecular complexity index is 885. The predicted molar refractivity (Wildman–Crippen MR) is 120 cm³/mol. The molecule has 0 aliphatic carbocycles. The van der Waals surface area contributed by atoms with E-state index in [2.05, 4.69) is 47.2 Å². The Labute approximate surface area is 178 Å². The van der Waals surface area contributed by atoms with E-state index in [0.717, 1.165) is 67.3 Å². The van der Waals surface area contributed by atoms with Gasteiger partial charge in [-0.3, -0.25) is 4.79 Å². The van der Waals surface area contributed by atoms with Crippen LogP contribution in [-0.4, -0.2) is 55.5 Å². The lowest BCUT2D eigenvalue weighted by molar-refractivity contribution is -0.129. The van der Waals surface area contributed by atoms with Crippen LogP contribution in [0.5, 0.6) is 0 Å². The van der Waals surface area contributed by atoms with Crippen molar-refractivity contribution in [3.8, 4) is 0 Å². The van der Waals surface area contributed by atoms with Gasteiger partial charge in [0, 0.05) is 55.6 Å². The van der Waals surface area contributed by atoms with E-state index < -0.39 is 0 Å². The van der Waals surface area contributed by atoms with E-state index in [9.17, 15) is 4.79 Å². The zero-order chi connectivity index (χ0) is 20.2. The van der Waals surface area contributed by atoms with E-state index in [1.54, 1.807) is 0 Å². The molecule has 2 aromatic rings. The molecule has 0 radical (unpaired) electrons. The van der Waals surface area contributed by atoms with Gasteiger partial charge in [0.1, 0.15) is 0 Å². The summed E-state index contributed by atoms with van der Waals surface area (Å²) in [6.45, 7) is 5.62. The molecule has 5 heteroatoms. The van der Waals surface area contributed by atoms with Gasteiger partial charge in [-0.2, -0.15) is 0 Å². The fourth-order valence-corrected chi connectivity index (χ4v) is 4.23. The first-order valence-corrected chi connectivity index (χ1v) is 10.7. The summed E-state index contributed by atoms with van der Waals surface area (Å²) < 4.78 is 0. The summed E-state index contributed by atoms with van der Waals surface area (Å²) in [5.74, 6) is 0.152. The van der Waals surface area contributed by atoms with Gasteiger partial charge in [-0.1, -0.05) is 41.9 Å². The number of carbonyl (C=O) groups is 1. The Balaban J connectivity index is 1.53. The van der Waals surface area contributed by atoms with Crippen molar-refractivity contribution < 1.29 is 4.79 Å². The monoisotopic (exact) mass is 409 g/mol. The zero-order valence-electron chi connectivity index (χ0n) is 17.0. The molecule has 0 unspecified atom stereocenters. The number of benzene rings is 2. The summed E-state index contributed by atoms with van der Waals surface area (Å²) in [5.41, 5.74) is 4.40. The van der Waals surface area contributed by atoms with Gasteiger partial charge >= 0.3 is 0 Å². The maximum Gasteiger partial charge on any atom is 0.250 e. The van der Waals surface area contributed by atoms with Crippen LogP contribution in [0.3, 0.4) is 0 Å². The minimum Gasteiger partial charge on any atom is -0.368 e. The van der Waals surface area contributed by atoms with Crippen molar-refractivity contribution in [3.05, 3.63) is 70.3 Å². The standard InChI is InChI=1S/C24H28ClN3O/c1-26-13-15-27(16-14-26)23-7-3-2-5-20(23)17-21-6-4-12-28(24(21)29)18-19-8-10-22(25)11-9-19/h2-3,5,7-11,17H,4,6,12-16,18H2,1H3/b21-17+. The molecule has 2 aliphatic rings. The van der Waals surface area contributed by atoms with Gasteiger partial charge in [0.15, 0.2) is 0 Å². The molecule has 0 atom stereocenters. The molecular weight excluding hydrogens is 382 g/mol. The second-order valence-corrected chi connectivity index (χ2v) is 8.41. The molecule has 0 N–H and O–H groups in total. The Morgan fingerprint density at radius 1 is 0.966 bits per heavy atom. The number of carbonyl (C=O) groups excluding carboxylic acids is 1. The summed E-state index contributed by atoms with van der Waals surface area (Å²) in [7, 11) is 2.17. The minimum atomic E-state index is 0.152. The molecule has 2 fully saturated rings. The highest BCUT2D eigenvalue weighted by Crippen LogP contribution is 2.28. The summed E-state index contributed by atoms with van der Waals surface area (Å²) in [6, 6.07) is 16.2. The molecule has 2 heterocycles. The molecule has 0 saturated carbocycles. The maximum absolute atomic E-state index is 13.1. The number of hydrogen-bond donors (Lipinski definition) is 0. The van der Waals surface area contributed by atoms with E-state index in [-0.39, 0.29) is 5.91 Å². The lowest BCUT2D eigenvalue weighted by Gasteiger charge is -2.35. The molecule has 1 amide bonds. The number of rotatable bonds is 4. The van der Waals surface area contributed by atoms with E-state index >= 15 is 0 Å². The van der Waals surface area contributed by atoms with Crippen LogP contribution in [0.4, 0.5) is 5.69 Å². The number of anilines is 1. The van der Waals surface area contributed by atoms with Crippen LogP contribution in [0.25, 0.3) is 6.08 Å². The number of nitrogens with zero attached hydrogens (tertiary/aromatic N) is 3. The Morgan fingerprint density at radius 3 is 2.45 bits per heavy atom. The first kappa shape index (κ1) is 20.0. The van der Waals surface area contributed by atoms with Gasteiger partial charge in [0.05, 0.1) is 0 Å². The van der Waals surface area contributed by atoms with Crippen LogP contribution in [0, 0.1) is 0 Å². The van der Waals surface area contributed by atoms with Gasteiger partial charge in [0.2, 0.25) is 5.91 Å². The number of halogens is 1. The normalized spacial score (nSPS) is 19.8. The minimum absolute atomic E-state index is 0.152. The highest BCUT2D eigenvalue weighted by molar-refractivity contribution is 6.30. The third-order valence-corrected chi connectivity index (χ3v) is 6.09. The van der Waals surface area contributed by atoms with Gasteiger partial charge in [0.25, 0.3) is 0 Å². The Morgan fingerprint density at radius 2 is 1.69 bits per heavy atom. The third-order valence-electron chi connectivity index (χ3n) is 5.83. The van der Waals surface area contributed by atoms with Crippen LogP contribution in [0.1, 0.15) is 24.0 Å². The van der Waals surface area contributed by atoms with Crippen molar-refractivity contribution in [3.63, 3.8) is 0 Å². The predicted octanol–water partition coefficient (Wildman–Crippen LogP) is 4.30. The molecule has 152 valence electrons. The van der Waals surface area contributed by atoms with Crippen LogP contribution in [-0.2, 0) is 11.3 Å². The van der Waals surface area contributed by atoms with Gasteiger partial charge in [-0.25, -0.2) is 0 Å². The SMILES string of the molecule is CN1CCN(c2ccccc2/C=C2\CCCN(Cc3ccc(Cl)cc3)C2=O)CC1. The van der Waals surface area contributed by atoms with Crippen LogP contribution >= 0.6 is 11.6 Å². The average Bonchev–Trinajstić information content (AvgIpc) is 2.74. The summed E-state index contributed by atoms with van der Waals surface area (Å²) in [4.78, 5) is 19.9. The number of likely N-dealkylation sites (N-methyl/N-ethyl adjacent to an activating group) is 1. The van der Waals surface area contributed by atoms with Gasteiger partial charge in [-0.15, -0.1) is 0 Å². The van der Waals surface area contributed by atoms with Crippen LogP contribution in [0.2, 0.25) is 5.02 Å². The summed E-state index contributed by atoms with van der Waals surface area (Å²) in [5, 5.41) is 0.722.